The number of unbranched alkanes of at least 4 members (excludes halogenated alkanes) is 10. The summed E-state index contributed by atoms with van der Waals surface area (Å²) in [6.45, 7) is 11.9. The van der Waals surface area contributed by atoms with Crippen LogP contribution in [0.15, 0.2) is 0 Å². The first-order valence-electron chi connectivity index (χ1n) is 19.5. The van der Waals surface area contributed by atoms with Crippen molar-refractivity contribution in [3.05, 3.63) is 0 Å². The van der Waals surface area contributed by atoms with Gasteiger partial charge in [-0.25, -0.2) is 4.79 Å². The van der Waals surface area contributed by atoms with Crippen molar-refractivity contribution in [3.8, 4) is 0 Å². The Bertz CT molecular complexity index is 722. The van der Waals surface area contributed by atoms with E-state index in [4.69, 9.17) is 52.5 Å². The predicted molar refractivity (Wildman–Crippen MR) is 196 cm³/mol. The van der Waals surface area contributed by atoms with Crippen LogP contribution in [0, 0.1) is 0 Å². The van der Waals surface area contributed by atoms with Gasteiger partial charge in [0.15, 0.2) is 0 Å². The first-order chi connectivity index (χ1) is 25.7. The molecule has 0 rings (SSSR count). The molecule has 0 aliphatic carbocycles. The molecule has 0 saturated carbocycles. The summed E-state index contributed by atoms with van der Waals surface area (Å²) in [4.78, 5) is 21.7. The number of hydrogen-bond acceptors (Lipinski definition) is 13. The van der Waals surface area contributed by atoms with Crippen LogP contribution in [-0.2, 0) is 61.7 Å². The molecule has 0 atom stereocenters. The topological polar surface area (TPSA) is 168 Å². The molecule has 0 aromatic rings. The van der Waals surface area contributed by atoms with Crippen LogP contribution < -0.4 is 5.32 Å². The van der Waals surface area contributed by atoms with E-state index in [-0.39, 0.29) is 6.61 Å². The monoisotopic (exact) mass is 756 g/mol. The summed E-state index contributed by atoms with van der Waals surface area (Å²) in [5.41, 5.74) is 0. The van der Waals surface area contributed by atoms with Crippen LogP contribution in [0.4, 0.5) is 0 Å². The average Bonchev–Trinajstić information content (AvgIpc) is 3.13. The number of ether oxygens (including phenoxy) is 11. The minimum absolute atomic E-state index is 0.299. The lowest BCUT2D eigenvalue weighted by molar-refractivity contribution is -0.143. The molecule has 0 unspecified atom stereocenters. The first-order valence-corrected chi connectivity index (χ1v) is 19.5. The maximum atomic E-state index is 11.4. The van der Waals surface area contributed by atoms with Gasteiger partial charge in [-0.15, -0.1) is 0 Å². The lowest BCUT2D eigenvalue weighted by Crippen LogP contribution is -2.31. The van der Waals surface area contributed by atoms with E-state index in [0.717, 1.165) is 13.0 Å². The molecule has 0 aliphatic heterocycles. The Balaban J connectivity index is 3.08. The summed E-state index contributed by atoms with van der Waals surface area (Å²) in [5, 5.41) is 11.0. The Labute approximate surface area is 313 Å². The van der Waals surface area contributed by atoms with Gasteiger partial charge in [-0.3, -0.25) is 4.79 Å². The number of aliphatic carboxylic acids is 1. The highest BCUT2D eigenvalue weighted by Crippen LogP contribution is 2.11. The van der Waals surface area contributed by atoms with Gasteiger partial charge >= 0.3 is 5.97 Å². The van der Waals surface area contributed by atoms with Gasteiger partial charge in [0, 0.05) is 13.2 Å². The van der Waals surface area contributed by atoms with Crippen molar-refractivity contribution < 1.29 is 66.8 Å². The number of rotatable bonds is 46. The quantitative estimate of drug-likeness (QED) is 0.0864. The summed E-state index contributed by atoms with van der Waals surface area (Å²) in [6, 6.07) is 0. The average molecular weight is 756 g/mol. The second kappa shape index (κ2) is 45.7. The van der Waals surface area contributed by atoms with Gasteiger partial charge in [0.1, 0.15) is 13.2 Å². The number of nitrogens with one attached hydrogen (secondary N) is 1. The van der Waals surface area contributed by atoms with E-state index in [1.807, 2.05) is 0 Å². The van der Waals surface area contributed by atoms with Crippen LogP contribution in [0.5, 0.6) is 0 Å². The van der Waals surface area contributed by atoms with Gasteiger partial charge in [0.25, 0.3) is 0 Å². The minimum Gasteiger partial charge on any atom is -0.480 e. The van der Waals surface area contributed by atoms with E-state index in [1.165, 1.54) is 64.2 Å². The molecule has 0 aliphatic rings. The van der Waals surface area contributed by atoms with Gasteiger partial charge in [0.2, 0.25) is 5.91 Å². The summed E-state index contributed by atoms with van der Waals surface area (Å²) in [7, 11) is 0. The Morgan fingerprint density at radius 3 is 0.981 bits per heavy atom. The van der Waals surface area contributed by atoms with Gasteiger partial charge in [-0.1, -0.05) is 71.1 Å². The van der Waals surface area contributed by atoms with E-state index >= 15 is 0 Å². The van der Waals surface area contributed by atoms with Gasteiger partial charge in [-0.05, 0) is 6.42 Å². The summed E-state index contributed by atoms with van der Waals surface area (Å²) in [5.74, 6) is -1.52. The van der Waals surface area contributed by atoms with Gasteiger partial charge < -0.3 is 62.5 Å². The lowest BCUT2D eigenvalue weighted by Gasteiger charge is -2.09. The molecule has 15 heteroatoms. The molecular formula is C37H73NO14. The van der Waals surface area contributed by atoms with Crippen molar-refractivity contribution in [1.29, 1.82) is 0 Å². The molecular weight excluding hydrogens is 682 g/mol. The van der Waals surface area contributed by atoms with Crippen LogP contribution in [0.25, 0.3) is 0 Å². The second-order valence-corrected chi connectivity index (χ2v) is 11.9. The summed E-state index contributed by atoms with van der Waals surface area (Å²) < 4.78 is 59.5. The standard InChI is InChI=1S/C37H73NO14/c1-2-3-4-5-6-7-8-9-10-11-12-14-42-16-18-44-20-22-46-24-26-48-28-30-50-32-33-51-31-29-49-27-25-47-23-21-45-19-17-43-15-13-38-36(39)34-52-35-37(40)41/h2-35H2,1H3,(H,38,39)(H,40,41). The van der Waals surface area contributed by atoms with Crippen LogP contribution in [0.3, 0.4) is 0 Å². The van der Waals surface area contributed by atoms with Crippen molar-refractivity contribution in [2.75, 3.05) is 152 Å². The van der Waals surface area contributed by atoms with E-state index in [1.54, 1.807) is 0 Å². The number of carbonyl (C=O) groups is 2. The first kappa shape index (κ1) is 50.5. The fraction of sp³-hybridized carbons (Fsp3) is 0.946. The smallest absolute Gasteiger partial charge is 0.329 e. The molecule has 0 aromatic carbocycles. The fourth-order valence-electron chi connectivity index (χ4n) is 4.49. The Hall–Kier alpha value is -1.50. The minimum atomic E-state index is -1.12. The molecule has 0 bridgehead atoms. The maximum Gasteiger partial charge on any atom is 0.329 e. The highest BCUT2D eigenvalue weighted by atomic mass is 16.6. The van der Waals surface area contributed by atoms with E-state index in [9.17, 15) is 9.59 Å². The molecule has 0 spiro atoms. The lowest BCUT2D eigenvalue weighted by atomic mass is 10.1. The van der Waals surface area contributed by atoms with Crippen LogP contribution in [-0.4, -0.2) is 169 Å². The zero-order chi connectivity index (χ0) is 37.7. The van der Waals surface area contributed by atoms with Gasteiger partial charge in [-0.2, -0.15) is 0 Å². The zero-order valence-electron chi connectivity index (χ0n) is 32.3. The van der Waals surface area contributed by atoms with Crippen molar-refractivity contribution in [3.63, 3.8) is 0 Å². The van der Waals surface area contributed by atoms with Crippen LogP contribution in [0.2, 0.25) is 0 Å². The van der Waals surface area contributed by atoms with Crippen LogP contribution >= 0.6 is 0 Å². The highest BCUT2D eigenvalue weighted by Gasteiger charge is 2.03. The summed E-state index contributed by atoms with van der Waals surface area (Å²) >= 11 is 0. The zero-order valence-corrected chi connectivity index (χ0v) is 32.3. The number of carboxylic acids is 1. The molecule has 0 fully saturated rings. The molecule has 52 heavy (non-hydrogen) atoms. The highest BCUT2D eigenvalue weighted by molar-refractivity contribution is 5.77. The fourth-order valence-corrected chi connectivity index (χ4v) is 4.49. The van der Waals surface area contributed by atoms with E-state index in [0.29, 0.717) is 132 Å². The predicted octanol–water partition coefficient (Wildman–Crippen LogP) is 3.68. The maximum absolute atomic E-state index is 11.4. The third-order valence-electron chi connectivity index (χ3n) is 7.27. The van der Waals surface area contributed by atoms with Crippen molar-refractivity contribution in [2.24, 2.45) is 0 Å². The molecule has 0 radical (unpaired) electrons. The molecule has 0 aromatic heterocycles. The molecule has 0 heterocycles. The number of carboxylic acid groups (broad SMARTS) is 1. The van der Waals surface area contributed by atoms with Crippen molar-refractivity contribution in [1.82, 2.24) is 5.32 Å². The van der Waals surface area contributed by atoms with Crippen LogP contribution in [0.1, 0.15) is 77.6 Å². The Morgan fingerprint density at radius 2 is 0.654 bits per heavy atom. The Kier molecular flexibility index (Phi) is 44.3. The molecule has 0 saturated heterocycles. The number of carbonyl (C=O) groups excluding carboxylic acids is 1. The third-order valence-corrected chi connectivity index (χ3v) is 7.27. The Morgan fingerprint density at radius 1 is 0.365 bits per heavy atom. The number of amides is 1. The molecule has 2 N–H and O–H groups in total. The van der Waals surface area contributed by atoms with E-state index < -0.39 is 18.5 Å². The van der Waals surface area contributed by atoms with E-state index in [2.05, 4.69) is 17.0 Å². The largest absolute Gasteiger partial charge is 0.480 e. The van der Waals surface area contributed by atoms with Gasteiger partial charge in [0.05, 0.1) is 126 Å². The number of hydrogen-bond donors (Lipinski definition) is 2. The van der Waals surface area contributed by atoms with Crippen molar-refractivity contribution in [2.45, 2.75) is 77.6 Å². The summed E-state index contributed by atoms with van der Waals surface area (Å²) in [6.07, 6.45) is 14.8. The second-order valence-electron chi connectivity index (χ2n) is 11.9. The molecule has 1 amide bonds. The van der Waals surface area contributed by atoms with Crippen molar-refractivity contribution >= 4 is 11.9 Å². The molecule has 15 nitrogen and oxygen atoms in total. The molecule has 310 valence electrons. The third kappa shape index (κ3) is 46.5. The SMILES string of the molecule is CCCCCCCCCCCCCOCCOCCOCCOCCOCCOCCOCCOCCOCCOCCNC(=O)COCC(=O)O. The normalized spacial score (nSPS) is 11.4.